The van der Waals surface area contributed by atoms with Crippen molar-refractivity contribution in [3.8, 4) is 5.75 Å². The molecule has 2 N–H and O–H groups in total. The highest BCUT2D eigenvalue weighted by atomic mass is 16.4. The minimum atomic E-state index is -0.806. The molecule has 0 heterocycles. The van der Waals surface area contributed by atoms with Crippen LogP contribution in [0.3, 0.4) is 0 Å². The van der Waals surface area contributed by atoms with E-state index in [9.17, 15) is 15.0 Å². The summed E-state index contributed by atoms with van der Waals surface area (Å²) in [7, 11) is 0. The van der Waals surface area contributed by atoms with Crippen molar-refractivity contribution in [2.45, 2.75) is 33.1 Å². The van der Waals surface area contributed by atoms with Crippen molar-refractivity contribution >= 4 is 16.7 Å². The molecule has 1 atom stereocenters. The molecule has 0 radical (unpaired) electrons. The number of benzene rings is 2. The molecule has 0 spiro atoms. The van der Waals surface area contributed by atoms with Crippen LogP contribution >= 0.6 is 0 Å². The second kappa shape index (κ2) is 5.16. The molecule has 2 rings (SSSR count). The van der Waals surface area contributed by atoms with E-state index in [0.29, 0.717) is 0 Å². The predicted molar refractivity (Wildman–Crippen MR) is 80.1 cm³/mol. The fraction of sp³-hybridized carbons (Fsp3) is 0.353. The smallest absolute Gasteiger partial charge is 0.309 e. The molecule has 2 aromatic carbocycles. The first kappa shape index (κ1) is 14.4. The second-order valence-corrected chi connectivity index (χ2v) is 5.78. The van der Waals surface area contributed by atoms with Crippen molar-refractivity contribution in [2.75, 3.05) is 0 Å². The standard InChI is InChI=1S/C17H20O3/c1-4-15(17(2,3)16(19)20)13-6-5-12-10-14(18)8-7-11(12)9-13/h5-10,15,18H,4H2,1-3H3,(H,19,20)/t15-/m1/s1. The number of carboxylic acids is 1. The van der Waals surface area contributed by atoms with Gasteiger partial charge in [0.15, 0.2) is 0 Å². The third-order valence-electron chi connectivity index (χ3n) is 4.08. The lowest BCUT2D eigenvalue weighted by atomic mass is 9.73. The summed E-state index contributed by atoms with van der Waals surface area (Å²) in [5, 5.41) is 20.9. The van der Waals surface area contributed by atoms with E-state index in [0.717, 1.165) is 22.8 Å². The van der Waals surface area contributed by atoms with Crippen LogP contribution in [0.4, 0.5) is 0 Å². The molecule has 0 aromatic heterocycles. The first-order chi connectivity index (χ1) is 9.36. The van der Waals surface area contributed by atoms with Crippen LogP contribution in [0.1, 0.15) is 38.7 Å². The Labute approximate surface area is 118 Å². The van der Waals surface area contributed by atoms with Crippen molar-refractivity contribution in [3.05, 3.63) is 42.0 Å². The lowest BCUT2D eigenvalue weighted by Crippen LogP contribution is -2.31. The van der Waals surface area contributed by atoms with Gasteiger partial charge in [0.05, 0.1) is 5.41 Å². The maximum Gasteiger partial charge on any atom is 0.309 e. The normalized spacial score (nSPS) is 13.3. The zero-order valence-electron chi connectivity index (χ0n) is 12.1. The highest BCUT2D eigenvalue weighted by Crippen LogP contribution is 2.39. The Morgan fingerprint density at radius 2 is 1.75 bits per heavy atom. The molecule has 0 amide bonds. The quantitative estimate of drug-likeness (QED) is 0.879. The van der Waals surface area contributed by atoms with E-state index in [4.69, 9.17) is 0 Å². The molecule has 0 unspecified atom stereocenters. The summed E-state index contributed by atoms with van der Waals surface area (Å²) in [5.41, 5.74) is 0.220. The fourth-order valence-corrected chi connectivity index (χ4v) is 2.78. The number of aromatic hydroxyl groups is 1. The van der Waals surface area contributed by atoms with Crippen LogP contribution in [0, 0.1) is 5.41 Å². The van der Waals surface area contributed by atoms with Gasteiger partial charge in [-0.15, -0.1) is 0 Å². The van der Waals surface area contributed by atoms with Crippen LogP contribution in [0.2, 0.25) is 0 Å². The van der Waals surface area contributed by atoms with Crippen LogP contribution in [0.25, 0.3) is 10.8 Å². The van der Waals surface area contributed by atoms with Gasteiger partial charge in [-0.2, -0.15) is 0 Å². The Balaban J connectivity index is 2.50. The molecule has 0 aliphatic heterocycles. The minimum absolute atomic E-state index is 0.0433. The van der Waals surface area contributed by atoms with Crippen LogP contribution in [-0.4, -0.2) is 16.2 Å². The SMILES string of the molecule is CC[C@H](c1ccc2cc(O)ccc2c1)C(C)(C)C(=O)O. The number of phenols is 1. The van der Waals surface area contributed by atoms with Gasteiger partial charge < -0.3 is 10.2 Å². The predicted octanol–water partition coefficient (Wildman–Crippen LogP) is 4.15. The first-order valence-corrected chi connectivity index (χ1v) is 6.82. The highest BCUT2D eigenvalue weighted by molar-refractivity contribution is 5.85. The Morgan fingerprint density at radius 3 is 2.35 bits per heavy atom. The lowest BCUT2D eigenvalue weighted by Gasteiger charge is -2.30. The van der Waals surface area contributed by atoms with E-state index < -0.39 is 11.4 Å². The third kappa shape index (κ3) is 2.48. The first-order valence-electron chi connectivity index (χ1n) is 6.82. The van der Waals surface area contributed by atoms with Gasteiger partial charge in [0.2, 0.25) is 0 Å². The molecule has 0 aliphatic carbocycles. The Morgan fingerprint density at radius 1 is 1.15 bits per heavy atom. The van der Waals surface area contributed by atoms with E-state index in [-0.39, 0.29) is 11.7 Å². The molecule has 20 heavy (non-hydrogen) atoms. The molecule has 106 valence electrons. The molecular formula is C17H20O3. The van der Waals surface area contributed by atoms with E-state index >= 15 is 0 Å². The summed E-state index contributed by atoms with van der Waals surface area (Å²) < 4.78 is 0. The average molecular weight is 272 g/mol. The van der Waals surface area contributed by atoms with Crippen LogP contribution in [0.15, 0.2) is 36.4 Å². The molecule has 2 aromatic rings. The highest BCUT2D eigenvalue weighted by Gasteiger charge is 2.36. The second-order valence-electron chi connectivity index (χ2n) is 5.78. The maximum atomic E-state index is 11.5. The molecule has 0 aliphatic rings. The van der Waals surface area contributed by atoms with Crippen molar-refractivity contribution in [3.63, 3.8) is 0 Å². The van der Waals surface area contributed by atoms with Gasteiger partial charge in [0.1, 0.15) is 5.75 Å². The summed E-state index contributed by atoms with van der Waals surface area (Å²) >= 11 is 0. The van der Waals surface area contributed by atoms with Crippen LogP contribution in [-0.2, 0) is 4.79 Å². The summed E-state index contributed by atoms with van der Waals surface area (Å²) in [5.74, 6) is -0.587. The fourth-order valence-electron chi connectivity index (χ4n) is 2.78. The van der Waals surface area contributed by atoms with E-state index in [2.05, 4.69) is 0 Å². The number of carboxylic acid groups (broad SMARTS) is 1. The molecule has 0 bridgehead atoms. The minimum Gasteiger partial charge on any atom is -0.508 e. The number of carbonyl (C=O) groups is 1. The summed E-state index contributed by atoms with van der Waals surface area (Å²) in [6, 6.07) is 11.1. The summed E-state index contributed by atoms with van der Waals surface area (Å²) in [4.78, 5) is 11.5. The van der Waals surface area contributed by atoms with Gasteiger partial charge in [0, 0.05) is 0 Å². The van der Waals surface area contributed by atoms with Crippen molar-refractivity contribution in [1.29, 1.82) is 0 Å². The molecule has 0 saturated heterocycles. The van der Waals surface area contributed by atoms with Gasteiger partial charge >= 0.3 is 5.97 Å². The number of phenolic OH excluding ortho intramolecular Hbond substituents is 1. The van der Waals surface area contributed by atoms with E-state index in [1.165, 1.54) is 0 Å². The molecule has 3 heteroatoms. The topological polar surface area (TPSA) is 57.5 Å². The largest absolute Gasteiger partial charge is 0.508 e. The summed E-state index contributed by atoms with van der Waals surface area (Å²) in [6.07, 6.45) is 0.767. The molecule has 0 saturated carbocycles. The Hall–Kier alpha value is -2.03. The summed E-state index contributed by atoms with van der Waals surface area (Å²) in [6.45, 7) is 5.55. The van der Waals surface area contributed by atoms with Gasteiger partial charge in [-0.05, 0) is 54.7 Å². The lowest BCUT2D eigenvalue weighted by molar-refractivity contribution is -0.148. The monoisotopic (exact) mass is 272 g/mol. The van der Waals surface area contributed by atoms with Crippen LogP contribution < -0.4 is 0 Å². The molecular weight excluding hydrogens is 252 g/mol. The number of fused-ring (bicyclic) bond motifs is 1. The average Bonchev–Trinajstić information content (AvgIpc) is 2.39. The Kier molecular flexibility index (Phi) is 3.71. The van der Waals surface area contributed by atoms with Gasteiger partial charge in [0.25, 0.3) is 0 Å². The van der Waals surface area contributed by atoms with E-state index in [1.807, 2.05) is 31.2 Å². The van der Waals surface area contributed by atoms with Gasteiger partial charge in [-0.25, -0.2) is 0 Å². The van der Waals surface area contributed by atoms with Crippen molar-refractivity contribution < 1.29 is 15.0 Å². The zero-order chi connectivity index (χ0) is 14.9. The number of hydrogen-bond acceptors (Lipinski definition) is 2. The van der Waals surface area contributed by atoms with Crippen molar-refractivity contribution in [1.82, 2.24) is 0 Å². The molecule has 3 nitrogen and oxygen atoms in total. The maximum absolute atomic E-state index is 11.5. The number of rotatable bonds is 4. The zero-order valence-corrected chi connectivity index (χ0v) is 12.1. The van der Waals surface area contributed by atoms with E-state index in [1.54, 1.807) is 26.0 Å². The number of hydrogen-bond donors (Lipinski definition) is 2. The van der Waals surface area contributed by atoms with Crippen molar-refractivity contribution in [2.24, 2.45) is 5.41 Å². The van der Waals surface area contributed by atoms with Crippen LogP contribution in [0.5, 0.6) is 5.75 Å². The van der Waals surface area contributed by atoms with Gasteiger partial charge in [-0.3, -0.25) is 4.79 Å². The molecule has 0 fully saturated rings. The number of aliphatic carboxylic acids is 1. The third-order valence-corrected chi connectivity index (χ3v) is 4.08. The van der Waals surface area contributed by atoms with Gasteiger partial charge in [-0.1, -0.05) is 31.2 Å². The Bertz CT molecular complexity index is 644.